The van der Waals surface area contributed by atoms with Gasteiger partial charge in [-0.1, -0.05) is 24.3 Å². The van der Waals surface area contributed by atoms with Crippen LogP contribution >= 0.6 is 0 Å². The topological polar surface area (TPSA) is 30.5 Å². The van der Waals surface area contributed by atoms with Gasteiger partial charge in [-0.25, -0.2) is 4.39 Å². The second-order valence-electron chi connectivity index (χ2n) is 4.01. The minimum Gasteiger partial charge on any atom is -0.493 e. The predicted octanol–water partition coefficient (Wildman–Crippen LogP) is 3.35. The van der Waals surface area contributed by atoms with Crippen LogP contribution in [0.3, 0.4) is 0 Å². The third-order valence-electron chi connectivity index (χ3n) is 2.70. The Morgan fingerprint density at radius 2 is 1.79 bits per heavy atom. The number of methoxy groups -OCH3 is 1. The molecule has 0 radical (unpaired) electrons. The van der Waals surface area contributed by atoms with Crippen molar-refractivity contribution >= 4 is 0 Å². The summed E-state index contributed by atoms with van der Waals surface area (Å²) >= 11 is 0. The Labute approximate surface area is 112 Å². The van der Waals surface area contributed by atoms with E-state index in [1.165, 1.54) is 6.07 Å². The van der Waals surface area contributed by atoms with Crippen molar-refractivity contribution in [3.8, 4) is 17.2 Å². The molecule has 0 spiro atoms. The number of nitrogens with one attached hydrogen (secondary N) is 1. The highest BCUT2D eigenvalue weighted by molar-refractivity contribution is 5.45. The molecule has 0 saturated heterocycles. The average molecular weight is 261 g/mol. The first-order chi connectivity index (χ1) is 9.26. The van der Waals surface area contributed by atoms with Crippen molar-refractivity contribution in [2.75, 3.05) is 14.2 Å². The Hall–Kier alpha value is -2.07. The minimum absolute atomic E-state index is 0.223. The van der Waals surface area contributed by atoms with Crippen LogP contribution in [0.15, 0.2) is 42.5 Å². The molecule has 0 aliphatic carbocycles. The molecular weight excluding hydrogens is 245 g/mol. The quantitative estimate of drug-likeness (QED) is 0.895. The highest BCUT2D eigenvalue weighted by Crippen LogP contribution is 2.34. The molecule has 0 aliphatic rings. The van der Waals surface area contributed by atoms with Crippen LogP contribution in [0.2, 0.25) is 0 Å². The lowest BCUT2D eigenvalue weighted by Gasteiger charge is -2.14. The van der Waals surface area contributed by atoms with Crippen LogP contribution in [-0.2, 0) is 6.54 Å². The van der Waals surface area contributed by atoms with E-state index in [1.54, 1.807) is 32.4 Å². The Bertz CT molecular complexity index is 558. The molecule has 3 nitrogen and oxygen atoms in total. The molecule has 1 N–H and O–H groups in total. The molecule has 19 heavy (non-hydrogen) atoms. The van der Waals surface area contributed by atoms with E-state index in [-0.39, 0.29) is 5.75 Å². The molecule has 2 rings (SSSR count). The molecule has 100 valence electrons. The molecule has 2 aromatic carbocycles. The summed E-state index contributed by atoms with van der Waals surface area (Å²) in [5, 5.41) is 2.99. The van der Waals surface area contributed by atoms with E-state index in [2.05, 4.69) is 5.32 Å². The molecule has 0 bridgehead atoms. The Morgan fingerprint density at radius 3 is 2.47 bits per heavy atom. The maximum absolute atomic E-state index is 13.9. The smallest absolute Gasteiger partial charge is 0.169 e. The van der Waals surface area contributed by atoms with Gasteiger partial charge in [0.15, 0.2) is 23.1 Å². The molecule has 0 unspecified atom stereocenters. The fraction of sp³-hybridized carbons (Fsp3) is 0.200. The van der Waals surface area contributed by atoms with Crippen molar-refractivity contribution < 1.29 is 13.9 Å². The fourth-order valence-electron chi connectivity index (χ4n) is 1.81. The van der Waals surface area contributed by atoms with Crippen molar-refractivity contribution in [2.45, 2.75) is 6.54 Å². The fourth-order valence-corrected chi connectivity index (χ4v) is 1.81. The zero-order valence-electron chi connectivity index (χ0n) is 10.9. The van der Waals surface area contributed by atoms with Crippen LogP contribution in [0.1, 0.15) is 5.56 Å². The second-order valence-corrected chi connectivity index (χ2v) is 4.01. The molecule has 0 heterocycles. The van der Waals surface area contributed by atoms with E-state index >= 15 is 0 Å². The van der Waals surface area contributed by atoms with Crippen LogP contribution < -0.4 is 14.8 Å². The predicted molar refractivity (Wildman–Crippen MR) is 72.2 cm³/mol. The van der Waals surface area contributed by atoms with E-state index in [9.17, 15) is 4.39 Å². The summed E-state index contributed by atoms with van der Waals surface area (Å²) in [6.07, 6.45) is 0. The number of hydrogen-bond acceptors (Lipinski definition) is 3. The van der Waals surface area contributed by atoms with E-state index in [0.717, 1.165) is 5.56 Å². The third kappa shape index (κ3) is 3.03. The second kappa shape index (κ2) is 6.20. The van der Waals surface area contributed by atoms with Crippen molar-refractivity contribution in [3.63, 3.8) is 0 Å². The lowest BCUT2D eigenvalue weighted by molar-refractivity contribution is 0.368. The van der Waals surface area contributed by atoms with E-state index < -0.39 is 5.82 Å². The zero-order valence-corrected chi connectivity index (χ0v) is 10.9. The molecule has 0 fully saturated rings. The van der Waals surface area contributed by atoms with E-state index in [4.69, 9.17) is 9.47 Å². The lowest BCUT2D eigenvalue weighted by Crippen LogP contribution is -2.07. The van der Waals surface area contributed by atoms with Crippen LogP contribution in [0.25, 0.3) is 0 Å². The first kappa shape index (κ1) is 13.4. The van der Waals surface area contributed by atoms with Gasteiger partial charge in [-0.2, -0.15) is 0 Å². The van der Waals surface area contributed by atoms with E-state index in [1.807, 2.05) is 18.2 Å². The summed E-state index contributed by atoms with van der Waals surface area (Å²) in [6, 6.07) is 12.0. The molecule has 4 heteroatoms. The molecular formula is C15H16FNO2. The van der Waals surface area contributed by atoms with Gasteiger partial charge in [0.1, 0.15) is 0 Å². The number of para-hydroxylation sites is 3. The standard InChI is InChI=1S/C15H16FNO2/c1-17-10-11-6-5-7-12(16)15(11)19-14-9-4-3-8-13(14)18-2/h3-9,17H,10H2,1-2H3. The molecule has 0 aliphatic heterocycles. The largest absolute Gasteiger partial charge is 0.493 e. The van der Waals surface area contributed by atoms with Crippen molar-refractivity contribution in [2.24, 2.45) is 0 Å². The van der Waals surface area contributed by atoms with Gasteiger partial charge in [-0.3, -0.25) is 0 Å². The molecule has 0 aromatic heterocycles. The van der Waals surface area contributed by atoms with Gasteiger partial charge in [0.05, 0.1) is 7.11 Å². The van der Waals surface area contributed by atoms with Crippen LogP contribution in [0.4, 0.5) is 4.39 Å². The first-order valence-corrected chi connectivity index (χ1v) is 5.99. The summed E-state index contributed by atoms with van der Waals surface area (Å²) in [6.45, 7) is 0.530. The van der Waals surface area contributed by atoms with Gasteiger partial charge in [-0.05, 0) is 25.2 Å². The summed E-state index contributed by atoms with van der Waals surface area (Å²) < 4.78 is 24.8. The van der Waals surface area contributed by atoms with Gasteiger partial charge < -0.3 is 14.8 Å². The van der Waals surface area contributed by atoms with Crippen molar-refractivity contribution in [3.05, 3.63) is 53.8 Å². The number of halogens is 1. The van der Waals surface area contributed by atoms with Crippen LogP contribution in [0.5, 0.6) is 17.2 Å². The molecule has 0 atom stereocenters. The summed E-state index contributed by atoms with van der Waals surface area (Å²) in [4.78, 5) is 0. The monoisotopic (exact) mass is 261 g/mol. The van der Waals surface area contributed by atoms with Crippen molar-refractivity contribution in [1.82, 2.24) is 5.32 Å². The zero-order chi connectivity index (χ0) is 13.7. The number of ether oxygens (including phenoxy) is 2. The highest BCUT2D eigenvalue weighted by Gasteiger charge is 2.12. The average Bonchev–Trinajstić information content (AvgIpc) is 2.43. The highest BCUT2D eigenvalue weighted by atomic mass is 19.1. The van der Waals surface area contributed by atoms with Gasteiger partial charge in [-0.15, -0.1) is 0 Å². The number of hydrogen-bond donors (Lipinski definition) is 1. The van der Waals surface area contributed by atoms with Gasteiger partial charge in [0, 0.05) is 12.1 Å². The van der Waals surface area contributed by atoms with Gasteiger partial charge >= 0.3 is 0 Å². The van der Waals surface area contributed by atoms with Gasteiger partial charge in [0.25, 0.3) is 0 Å². The SMILES string of the molecule is CNCc1cccc(F)c1Oc1ccccc1OC. The molecule has 0 saturated carbocycles. The number of benzene rings is 2. The lowest BCUT2D eigenvalue weighted by atomic mass is 10.2. The minimum atomic E-state index is -0.390. The normalized spacial score (nSPS) is 10.3. The summed E-state index contributed by atoms with van der Waals surface area (Å²) in [5.74, 6) is 0.897. The Kier molecular flexibility index (Phi) is 4.36. The maximum atomic E-state index is 13.9. The van der Waals surface area contributed by atoms with Gasteiger partial charge in [0.2, 0.25) is 0 Å². The van der Waals surface area contributed by atoms with Crippen LogP contribution in [-0.4, -0.2) is 14.2 Å². The summed E-state index contributed by atoms with van der Waals surface area (Å²) in [7, 11) is 3.36. The summed E-state index contributed by atoms with van der Waals surface area (Å²) in [5.41, 5.74) is 0.758. The van der Waals surface area contributed by atoms with Crippen molar-refractivity contribution in [1.29, 1.82) is 0 Å². The van der Waals surface area contributed by atoms with E-state index in [0.29, 0.717) is 18.0 Å². The Morgan fingerprint density at radius 1 is 1.05 bits per heavy atom. The van der Waals surface area contributed by atoms with Crippen LogP contribution in [0, 0.1) is 5.82 Å². The third-order valence-corrected chi connectivity index (χ3v) is 2.70. The molecule has 0 amide bonds. The number of rotatable bonds is 5. The first-order valence-electron chi connectivity index (χ1n) is 5.99. The molecule has 2 aromatic rings. The maximum Gasteiger partial charge on any atom is 0.169 e. The Balaban J connectivity index is 2.37.